The Morgan fingerprint density at radius 3 is 2.57 bits per heavy atom. The van der Waals surface area contributed by atoms with E-state index in [4.69, 9.17) is 12.2 Å². The molecule has 2 rings (SSSR count). The molecule has 0 fully saturated rings. The minimum absolute atomic E-state index is 0.237. The van der Waals surface area contributed by atoms with Gasteiger partial charge >= 0.3 is 0 Å². The third kappa shape index (κ3) is 4.37. The summed E-state index contributed by atoms with van der Waals surface area (Å²) in [5.41, 5.74) is 3.70. The summed E-state index contributed by atoms with van der Waals surface area (Å²) >= 11 is 8.52. The van der Waals surface area contributed by atoms with Crippen molar-refractivity contribution in [1.82, 2.24) is 5.32 Å². The quantitative estimate of drug-likeness (QED) is 0.786. The minimum Gasteiger partial charge on any atom is -0.332 e. The first-order chi connectivity index (χ1) is 9.95. The standard InChI is InChI=1S/C16H15BrN2OS/c1-10-6-7-14(11(2)8-10)18-16(21)19-15(20)12-4-3-5-13(17)9-12/h3-9H,1-2H3,(H2,18,19,20,21). The van der Waals surface area contributed by atoms with Crippen LogP contribution in [0.1, 0.15) is 21.5 Å². The van der Waals surface area contributed by atoms with Crippen molar-refractivity contribution in [2.45, 2.75) is 13.8 Å². The fourth-order valence-electron chi connectivity index (χ4n) is 1.91. The average molecular weight is 363 g/mol. The maximum atomic E-state index is 12.1. The van der Waals surface area contributed by atoms with Crippen LogP contribution in [-0.4, -0.2) is 11.0 Å². The highest BCUT2D eigenvalue weighted by atomic mass is 79.9. The van der Waals surface area contributed by atoms with Crippen LogP contribution in [0.5, 0.6) is 0 Å². The highest BCUT2D eigenvalue weighted by Gasteiger charge is 2.09. The summed E-state index contributed by atoms with van der Waals surface area (Å²) < 4.78 is 0.850. The second-order valence-electron chi connectivity index (χ2n) is 4.74. The molecule has 0 bridgehead atoms. The molecule has 3 nitrogen and oxygen atoms in total. The van der Waals surface area contributed by atoms with Crippen molar-refractivity contribution >= 4 is 44.9 Å². The number of carbonyl (C=O) groups is 1. The van der Waals surface area contributed by atoms with Gasteiger partial charge in [-0.25, -0.2) is 0 Å². The van der Waals surface area contributed by atoms with Crippen molar-refractivity contribution in [2.24, 2.45) is 0 Å². The van der Waals surface area contributed by atoms with E-state index >= 15 is 0 Å². The van der Waals surface area contributed by atoms with Gasteiger partial charge in [-0.2, -0.15) is 0 Å². The van der Waals surface area contributed by atoms with Crippen LogP contribution in [0.4, 0.5) is 5.69 Å². The lowest BCUT2D eigenvalue weighted by Gasteiger charge is -2.12. The summed E-state index contributed by atoms with van der Waals surface area (Å²) in [7, 11) is 0. The zero-order valence-electron chi connectivity index (χ0n) is 11.7. The van der Waals surface area contributed by atoms with Crippen LogP contribution in [0.25, 0.3) is 0 Å². The lowest BCUT2D eigenvalue weighted by molar-refractivity contribution is 0.0977. The third-order valence-electron chi connectivity index (χ3n) is 2.94. The molecule has 0 aliphatic heterocycles. The number of halogens is 1. The summed E-state index contributed by atoms with van der Waals surface area (Å²) in [5.74, 6) is -0.237. The predicted molar refractivity (Wildman–Crippen MR) is 93.7 cm³/mol. The van der Waals surface area contributed by atoms with E-state index in [0.29, 0.717) is 5.56 Å². The van der Waals surface area contributed by atoms with Gasteiger partial charge in [-0.1, -0.05) is 39.7 Å². The topological polar surface area (TPSA) is 41.1 Å². The molecule has 0 aromatic heterocycles. The van der Waals surface area contributed by atoms with Gasteiger partial charge in [0.15, 0.2) is 5.11 Å². The van der Waals surface area contributed by atoms with Crippen molar-refractivity contribution in [2.75, 3.05) is 5.32 Å². The molecule has 0 saturated heterocycles. The van der Waals surface area contributed by atoms with Gasteiger partial charge in [0.25, 0.3) is 5.91 Å². The highest BCUT2D eigenvalue weighted by Crippen LogP contribution is 2.16. The SMILES string of the molecule is Cc1ccc(NC(=S)NC(=O)c2cccc(Br)c2)c(C)c1. The van der Waals surface area contributed by atoms with E-state index in [9.17, 15) is 4.79 Å². The molecule has 0 aliphatic carbocycles. The van der Waals surface area contributed by atoms with Gasteiger partial charge in [-0.05, 0) is 55.9 Å². The summed E-state index contributed by atoms with van der Waals surface area (Å²) in [4.78, 5) is 12.1. The Bertz CT molecular complexity index is 700. The molecule has 2 N–H and O–H groups in total. The van der Waals surface area contributed by atoms with Crippen LogP contribution in [0.2, 0.25) is 0 Å². The van der Waals surface area contributed by atoms with E-state index in [1.165, 1.54) is 5.56 Å². The fourth-order valence-corrected chi connectivity index (χ4v) is 2.51. The zero-order chi connectivity index (χ0) is 15.4. The van der Waals surface area contributed by atoms with Crippen molar-refractivity contribution in [3.63, 3.8) is 0 Å². The lowest BCUT2D eigenvalue weighted by atomic mass is 10.1. The maximum absolute atomic E-state index is 12.1. The van der Waals surface area contributed by atoms with Gasteiger partial charge in [0, 0.05) is 15.7 Å². The molecule has 0 spiro atoms. The molecule has 2 aromatic rings. The minimum atomic E-state index is -0.237. The molecule has 2 aromatic carbocycles. The van der Waals surface area contributed by atoms with Crippen LogP contribution < -0.4 is 10.6 Å². The summed E-state index contributed by atoms with van der Waals surface area (Å²) in [6.07, 6.45) is 0. The number of anilines is 1. The van der Waals surface area contributed by atoms with Gasteiger partial charge in [0.05, 0.1) is 0 Å². The molecule has 0 unspecified atom stereocenters. The Balaban J connectivity index is 2.03. The number of hydrogen-bond acceptors (Lipinski definition) is 2. The predicted octanol–water partition coefficient (Wildman–Crippen LogP) is 4.19. The fraction of sp³-hybridized carbons (Fsp3) is 0.125. The van der Waals surface area contributed by atoms with Crippen molar-refractivity contribution in [3.05, 3.63) is 63.6 Å². The van der Waals surface area contributed by atoms with E-state index in [-0.39, 0.29) is 11.0 Å². The normalized spacial score (nSPS) is 10.0. The second kappa shape index (κ2) is 6.83. The number of nitrogens with one attached hydrogen (secondary N) is 2. The monoisotopic (exact) mass is 362 g/mol. The Labute approximate surface area is 137 Å². The van der Waals surface area contributed by atoms with E-state index in [1.54, 1.807) is 18.2 Å². The first kappa shape index (κ1) is 15.7. The molecule has 0 atom stereocenters. The first-order valence-corrected chi connectivity index (χ1v) is 7.61. The van der Waals surface area contributed by atoms with E-state index in [2.05, 4.69) is 32.6 Å². The maximum Gasteiger partial charge on any atom is 0.257 e. The number of aryl methyl sites for hydroxylation is 2. The van der Waals surface area contributed by atoms with Crippen LogP contribution >= 0.6 is 28.1 Å². The van der Waals surface area contributed by atoms with Crippen LogP contribution in [0.15, 0.2) is 46.9 Å². The Hall–Kier alpha value is -1.72. The summed E-state index contributed by atoms with van der Waals surface area (Å²) in [6, 6.07) is 13.1. The van der Waals surface area contributed by atoms with Gasteiger partial charge in [-0.15, -0.1) is 0 Å². The molecule has 0 saturated carbocycles. The molecule has 0 radical (unpaired) electrons. The largest absolute Gasteiger partial charge is 0.332 e. The van der Waals surface area contributed by atoms with Gasteiger partial charge < -0.3 is 5.32 Å². The van der Waals surface area contributed by atoms with E-state index in [1.807, 2.05) is 32.0 Å². The van der Waals surface area contributed by atoms with Gasteiger partial charge in [0.2, 0.25) is 0 Å². The Morgan fingerprint density at radius 1 is 1.14 bits per heavy atom. The molecule has 0 heterocycles. The number of thiocarbonyl (C=S) groups is 1. The number of rotatable bonds is 2. The Morgan fingerprint density at radius 2 is 1.90 bits per heavy atom. The molecular weight excluding hydrogens is 348 g/mol. The lowest BCUT2D eigenvalue weighted by Crippen LogP contribution is -2.34. The van der Waals surface area contributed by atoms with E-state index in [0.717, 1.165) is 15.7 Å². The molecule has 5 heteroatoms. The number of benzene rings is 2. The van der Waals surface area contributed by atoms with Crippen LogP contribution in [0.3, 0.4) is 0 Å². The first-order valence-electron chi connectivity index (χ1n) is 6.41. The summed E-state index contributed by atoms with van der Waals surface area (Å²) in [6.45, 7) is 4.03. The second-order valence-corrected chi connectivity index (χ2v) is 6.06. The molecule has 21 heavy (non-hydrogen) atoms. The smallest absolute Gasteiger partial charge is 0.257 e. The molecule has 108 valence electrons. The number of amides is 1. The number of carbonyl (C=O) groups excluding carboxylic acids is 1. The van der Waals surface area contributed by atoms with Gasteiger partial charge in [0.1, 0.15) is 0 Å². The van der Waals surface area contributed by atoms with Gasteiger partial charge in [-0.3, -0.25) is 10.1 Å². The average Bonchev–Trinajstić information content (AvgIpc) is 2.42. The molecule has 1 amide bonds. The van der Waals surface area contributed by atoms with Crippen molar-refractivity contribution in [1.29, 1.82) is 0 Å². The molecular formula is C16H15BrN2OS. The third-order valence-corrected chi connectivity index (χ3v) is 3.64. The highest BCUT2D eigenvalue weighted by molar-refractivity contribution is 9.10. The van der Waals surface area contributed by atoms with Crippen LogP contribution in [0, 0.1) is 13.8 Å². The van der Waals surface area contributed by atoms with E-state index < -0.39 is 0 Å². The van der Waals surface area contributed by atoms with Crippen molar-refractivity contribution < 1.29 is 4.79 Å². The Kier molecular flexibility index (Phi) is 5.09. The number of hydrogen-bond donors (Lipinski definition) is 2. The van der Waals surface area contributed by atoms with Crippen LogP contribution in [-0.2, 0) is 0 Å². The summed E-state index contributed by atoms with van der Waals surface area (Å²) in [5, 5.41) is 6.00. The van der Waals surface area contributed by atoms with Crippen molar-refractivity contribution in [3.8, 4) is 0 Å². The zero-order valence-corrected chi connectivity index (χ0v) is 14.1. The molecule has 0 aliphatic rings.